The van der Waals surface area contributed by atoms with Crippen LogP contribution in [0.5, 0.6) is 0 Å². The molecule has 0 heterocycles. The van der Waals surface area contributed by atoms with E-state index < -0.39 is 12.0 Å². The van der Waals surface area contributed by atoms with Crippen molar-refractivity contribution in [3.05, 3.63) is 69.3 Å². The van der Waals surface area contributed by atoms with Gasteiger partial charge in [0.05, 0.1) is 12.5 Å². The SMILES string of the molecule is O=C(O)CC(NC(=O)c1ccc(I)cc1)c1ccccc1. The summed E-state index contributed by atoms with van der Waals surface area (Å²) in [5.41, 5.74) is 1.29. The predicted octanol–water partition coefficient (Wildman–Crippen LogP) is 3.24. The number of carbonyl (C=O) groups is 2. The van der Waals surface area contributed by atoms with Gasteiger partial charge in [-0.3, -0.25) is 9.59 Å². The molecule has 108 valence electrons. The number of benzene rings is 2. The minimum absolute atomic E-state index is 0.153. The van der Waals surface area contributed by atoms with Crippen LogP contribution >= 0.6 is 22.6 Å². The quantitative estimate of drug-likeness (QED) is 0.765. The van der Waals surface area contributed by atoms with Crippen LogP contribution in [-0.4, -0.2) is 17.0 Å². The van der Waals surface area contributed by atoms with E-state index in [4.69, 9.17) is 5.11 Å². The Morgan fingerprint density at radius 3 is 2.24 bits per heavy atom. The molecule has 4 nitrogen and oxygen atoms in total. The molecule has 1 amide bonds. The van der Waals surface area contributed by atoms with Crippen LogP contribution in [0.3, 0.4) is 0 Å². The Morgan fingerprint density at radius 1 is 1.05 bits per heavy atom. The van der Waals surface area contributed by atoms with Gasteiger partial charge >= 0.3 is 5.97 Å². The second-order valence-electron chi connectivity index (χ2n) is 4.54. The minimum atomic E-state index is -0.952. The fraction of sp³-hybridized carbons (Fsp3) is 0.125. The van der Waals surface area contributed by atoms with Crippen molar-refractivity contribution in [1.82, 2.24) is 5.32 Å². The van der Waals surface area contributed by atoms with Crippen molar-refractivity contribution in [3.8, 4) is 0 Å². The maximum Gasteiger partial charge on any atom is 0.305 e. The van der Waals surface area contributed by atoms with E-state index >= 15 is 0 Å². The monoisotopic (exact) mass is 395 g/mol. The number of carboxylic acids is 1. The summed E-state index contributed by atoms with van der Waals surface area (Å²) in [5.74, 6) is -1.23. The van der Waals surface area contributed by atoms with Gasteiger partial charge in [-0.25, -0.2) is 0 Å². The molecule has 0 aromatic heterocycles. The summed E-state index contributed by atoms with van der Waals surface area (Å²) in [7, 11) is 0. The van der Waals surface area contributed by atoms with Crippen LogP contribution in [0, 0.1) is 3.57 Å². The van der Waals surface area contributed by atoms with E-state index in [1.165, 1.54) is 0 Å². The lowest BCUT2D eigenvalue weighted by Crippen LogP contribution is -2.30. The third-order valence-corrected chi connectivity index (χ3v) is 3.71. The molecule has 2 aromatic rings. The molecule has 21 heavy (non-hydrogen) atoms. The molecule has 0 fully saturated rings. The lowest BCUT2D eigenvalue weighted by Gasteiger charge is -2.17. The predicted molar refractivity (Wildman–Crippen MR) is 88.1 cm³/mol. The van der Waals surface area contributed by atoms with Gasteiger partial charge in [0.25, 0.3) is 5.91 Å². The number of carbonyl (C=O) groups excluding carboxylic acids is 1. The normalized spacial score (nSPS) is 11.7. The van der Waals surface area contributed by atoms with Crippen molar-refractivity contribution in [2.24, 2.45) is 0 Å². The van der Waals surface area contributed by atoms with E-state index in [1.807, 2.05) is 42.5 Å². The highest BCUT2D eigenvalue weighted by Crippen LogP contribution is 2.17. The van der Waals surface area contributed by atoms with Crippen LogP contribution in [0.25, 0.3) is 0 Å². The maximum atomic E-state index is 12.2. The average Bonchev–Trinajstić information content (AvgIpc) is 2.47. The Kier molecular flexibility index (Phi) is 5.32. The van der Waals surface area contributed by atoms with Crippen LogP contribution in [0.2, 0.25) is 0 Å². The van der Waals surface area contributed by atoms with Gasteiger partial charge in [0.2, 0.25) is 0 Å². The zero-order valence-electron chi connectivity index (χ0n) is 11.1. The number of amides is 1. The summed E-state index contributed by atoms with van der Waals surface area (Å²) in [6.45, 7) is 0. The lowest BCUT2D eigenvalue weighted by atomic mass is 10.0. The zero-order valence-corrected chi connectivity index (χ0v) is 13.3. The number of hydrogen-bond donors (Lipinski definition) is 2. The molecule has 0 saturated heterocycles. The van der Waals surface area contributed by atoms with Crippen LogP contribution in [0.15, 0.2) is 54.6 Å². The van der Waals surface area contributed by atoms with Crippen molar-refractivity contribution < 1.29 is 14.7 Å². The van der Waals surface area contributed by atoms with Crippen LogP contribution in [0.4, 0.5) is 0 Å². The lowest BCUT2D eigenvalue weighted by molar-refractivity contribution is -0.137. The van der Waals surface area contributed by atoms with Crippen molar-refractivity contribution >= 4 is 34.5 Å². The van der Waals surface area contributed by atoms with Gasteiger partial charge in [-0.15, -0.1) is 0 Å². The van der Waals surface area contributed by atoms with Gasteiger partial charge in [-0.2, -0.15) is 0 Å². The zero-order chi connectivity index (χ0) is 15.2. The van der Waals surface area contributed by atoms with E-state index in [-0.39, 0.29) is 12.3 Å². The molecule has 0 aliphatic rings. The fourth-order valence-electron chi connectivity index (χ4n) is 1.96. The molecule has 1 atom stereocenters. The summed E-state index contributed by atoms with van der Waals surface area (Å²) >= 11 is 2.16. The maximum absolute atomic E-state index is 12.2. The molecule has 0 bridgehead atoms. The molecular formula is C16H14INO3. The number of hydrogen-bond acceptors (Lipinski definition) is 2. The highest BCUT2D eigenvalue weighted by Gasteiger charge is 2.18. The van der Waals surface area contributed by atoms with Gasteiger partial charge in [0, 0.05) is 9.13 Å². The largest absolute Gasteiger partial charge is 0.481 e. The summed E-state index contributed by atoms with van der Waals surface area (Å²) in [4.78, 5) is 23.2. The number of nitrogens with one attached hydrogen (secondary N) is 1. The van der Waals surface area contributed by atoms with E-state index in [0.29, 0.717) is 5.56 Å². The first-order valence-electron chi connectivity index (χ1n) is 6.39. The smallest absolute Gasteiger partial charge is 0.305 e. The molecule has 2 N–H and O–H groups in total. The van der Waals surface area contributed by atoms with Crippen LogP contribution in [-0.2, 0) is 4.79 Å². The van der Waals surface area contributed by atoms with E-state index in [2.05, 4.69) is 27.9 Å². The molecule has 0 radical (unpaired) electrons. The second kappa shape index (κ2) is 7.21. The topological polar surface area (TPSA) is 66.4 Å². The molecule has 0 spiro atoms. The number of carboxylic acid groups (broad SMARTS) is 1. The second-order valence-corrected chi connectivity index (χ2v) is 5.79. The highest BCUT2D eigenvalue weighted by molar-refractivity contribution is 14.1. The molecule has 1 unspecified atom stereocenters. The van der Waals surface area contributed by atoms with E-state index in [0.717, 1.165) is 9.13 Å². The van der Waals surface area contributed by atoms with Crippen molar-refractivity contribution in [1.29, 1.82) is 0 Å². The molecule has 0 aliphatic carbocycles. The summed E-state index contributed by atoms with van der Waals surface area (Å²) in [6, 6.07) is 15.7. The van der Waals surface area contributed by atoms with Gasteiger partial charge in [-0.1, -0.05) is 30.3 Å². The van der Waals surface area contributed by atoms with Crippen LogP contribution < -0.4 is 5.32 Å². The van der Waals surface area contributed by atoms with Crippen molar-refractivity contribution in [2.45, 2.75) is 12.5 Å². The number of halogens is 1. The first-order chi connectivity index (χ1) is 10.1. The first-order valence-corrected chi connectivity index (χ1v) is 7.47. The van der Waals surface area contributed by atoms with Gasteiger partial charge in [-0.05, 0) is 52.4 Å². The Hall–Kier alpha value is -1.89. The van der Waals surface area contributed by atoms with Gasteiger partial charge in [0.1, 0.15) is 0 Å². The van der Waals surface area contributed by atoms with Crippen LogP contribution in [0.1, 0.15) is 28.4 Å². The highest BCUT2D eigenvalue weighted by atomic mass is 127. The van der Waals surface area contributed by atoms with Crippen molar-refractivity contribution in [2.75, 3.05) is 0 Å². The third kappa shape index (κ3) is 4.56. The minimum Gasteiger partial charge on any atom is -0.481 e. The van der Waals surface area contributed by atoms with E-state index in [9.17, 15) is 9.59 Å². The molecule has 0 aliphatic heterocycles. The molecule has 2 aromatic carbocycles. The summed E-state index contributed by atoms with van der Waals surface area (Å²) < 4.78 is 1.04. The third-order valence-electron chi connectivity index (χ3n) is 2.99. The Labute approximate surface area is 136 Å². The van der Waals surface area contributed by atoms with Gasteiger partial charge < -0.3 is 10.4 Å². The number of aliphatic carboxylic acids is 1. The molecule has 5 heteroatoms. The Morgan fingerprint density at radius 2 is 1.67 bits per heavy atom. The Bertz CT molecular complexity index is 626. The summed E-state index contributed by atoms with van der Waals surface area (Å²) in [5, 5.41) is 11.8. The molecule has 0 saturated carbocycles. The first kappa shape index (κ1) is 15.5. The Balaban J connectivity index is 2.17. The van der Waals surface area contributed by atoms with E-state index in [1.54, 1.807) is 12.1 Å². The van der Waals surface area contributed by atoms with Gasteiger partial charge in [0.15, 0.2) is 0 Å². The molecular weight excluding hydrogens is 381 g/mol. The average molecular weight is 395 g/mol. The summed E-state index contributed by atoms with van der Waals surface area (Å²) in [6.07, 6.45) is -0.153. The molecule has 2 rings (SSSR count). The fourth-order valence-corrected chi connectivity index (χ4v) is 2.31. The van der Waals surface area contributed by atoms with Crippen molar-refractivity contribution in [3.63, 3.8) is 0 Å². The number of rotatable bonds is 5. The standard InChI is InChI=1S/C16H14INO3/c17-13-8-6-12(7-9-13)16(21)18-14(10-15(19)20)11-4-2-1-3-5-11/h1-9,14H,10H2,(H,18,21)(H,19,20).